The minimum atomic E-state index is -4.35. The largest absolute Gasteiger partial charge is 0.364 e. The lowest BCUT2D eigenvalue weighted by molar-refractivity contribution is -0.224. The highest BCUT2D eigenvalue weighted by molar-refractivity contribution is 6.21. The minimum absolute atomic E-state index is 0.0493. The summed E-state index contributed by atoms with van der Waals surface area (Å²) in [6.45, 7) is -1.38. The van der Waals surface area contributed by atoms with Crippen LogP contribution in [0.5, 0.6) is 0 Å². The van der Waals surface area contributed by atoms with Crippen molar-refractivity contribution in [3.8, 4) is 0 Å². The fourth-order valence-corrected chi connectivity index (χ4v) is 3.80. The first kappa shape index (κ1) is 21.2. The van der Waals surface area contributed by atoms with Gasteiger partial charge < -0.3 is 4.74 Å². The molecule has 0 bridgehead atoms. The summed E-state index contributed by atoms with van der Waals surface area (Å²) in [6.07, 6.45) is 4.87. The average molecular weight is 438 g/mol. The standard InChI is InChI=1S/C21H18F4N2O4/c1-19(22,23)21(24,25)12-31-13-6-9-20(10-7-13)11-8-16(28)27(20)26-17(29)14-4-2-3-5-15(14)18(26)30/h2-7,9-10,13H,8,11-12H2,1H3. The van der Waals surface area contributed by atoms with Crippen molar-refractivity contribution in [2.24, 2.45) is 0 Å². The molecule has 4 rings (SSSR count). The maximum atomic E-state index is 13.5. The molecule has 2 aliphatic heterocycles. The van der Waals surface area contributed by atoms with E-state index in [2.05, 4.69) is 0 Å². The highest BCUT2D eigenvalue weighted by atomic mass is 19.3. The zero-order valence-corrected chi connectivity index (χ0v) is 16.4. The highest BCUT2D eigenvalue weighted by Gasteiger charge is 2.54. The number of benzene rings is 1. The van der Waals surface area contributed by atoms with Gasteiger partial charge in [0.2, 0.25) is 5.91 Å². The van der Waals surface area contributed by atoms with Crippen molar-refractivity contribution in [2.45, 2.75) is 43.3 Å². The van der Waals surface area contributed by atoms with E-state index in [1.807, 2.05) is 0 Å². The second kappa shape index (κ2) is 7.01. The van der Waals surface area contributed by atoms with Crippen molar-refractivity contribution >= 4 is 17.7 Å². The third-order valence-corrected chi connectivity index (χ3v) is 5.59. The molecule has 2 heterocycles. The van der Waals surface area contributed by atoms with Gasteiger partial charge in [0, 0.05) is 13.3 Å². The molecule has 10 heteroatoms. The Bertz CT molecular complexity index is 966. The molecule has 164 valence electrons. The number of alkyl halides is 4. The van der Waals surface area contributed by atoms with Gasteiger partial charge in [0.25, 0.3) is 11.8 Å². The van der Waals surface area contributed by atoms with Gasteiger partial charge in [0.15, 0.2) is 0 Å². The first-order chi connectivity index (χ1) is 14.5. The Balaban J connectivity index is 1.55. The molecule has 1 aliphatic carbocycles. The number of hydrazine groups is 1. The fourth-order valence-electron chi connectivity index (χ4n) is 3.80. The van der Waals surface area contributed by atoms with Crippen LogP contribution in [-0.2, 0) is 9.53 Å². The zero-order valence-electron chi connectivity index (χ0n) is 16.4. The number of halogens is 4. The smallest absolute Gasteiger partial charge is 0.332 e. The summed E-state index contributed by atoms with van der Waals surface area (Å²) in [6, 6.07) is 6.19. The number of imide groups is 1. The fraction of sp³-hybridized carbons (Fsp3) is 0.381. The van der Waals surface area contributed by atoms with Gasteiger partial charge in [-0.05, 0) is 18.6 Å². The number of carbonyl (C=O) groups excluding carboxylic acids is 3. The Labute approximate surface area is 174 Å². The van der Waals surface area contributed by atoms with Crippen molar-refractivity contribution in [1.29, 1.82) is 0 Å². The lowest BCUT2D eigenvalue weighted by atomic mass is 9.91. The summed E-state index contributed by atoms with van der Waals surface area (Å²) in [5, 5.41) is 1.86. The van der Waals surface area contributed by atoms with E-state index in [-0.39, 0.29) is 30.9 Å². The summed E-state index contributed by atoms with van der Waals surface area (Å²) in [4.78, 5) is 38.3. The van der Waals surface area contributed by atoms with Crippen LogP contribution < -0.4 is 0 Å². The van der Waals surface area contributed by atoms with E-state index in [1.54, 1.807) is 12.1 Å². The van der Waals surface area contributed by atoms with Crippen LogP contribution in [0.15, 0.2) is 48.6 Å². The monoisotopic (exact) mass is 438 g/mol. The van der Waals surface area contributed by atoms with Gasteiger partial charge in [-0.2, -0.15) is 13.8 Å². The molecule has 0 saturated carbocycles. The number of nitrogens with zero attached hydrogens (tertiary/aromatic N) is 2. The van der Waals surface area contributed by atoms with Gasteiger partial charge in [0.1, 0.15) is 12.1 Å². The molecular weight excluding hydrogens is 420 g/mol. The Kier molecular flexibility index (Phi) is 4.80. The second-order valence-electron chi connectivity index (χ2n) is 7.75. The number of carbonyl (C=O) groups is 3. The van der Waals surface area contributed by atoms with Crippen LogP contribution in [0.4, 0.5) is 17.6 Å². The number of amides is 3. The molecule has 3 amide bonds. The molecule has 6 nitrogen and oxygen atoms in total. The Morgan fingerprint density at radius 2 is 1.58 bits per heavy atom. The number of rotatable bonds is 5. The molecule has 1 aromatic carbocycles. The number of fused-ring (bicyclic) bond motifs is 1. The lowest BCUT2D eigenvalue weighted by Crippen LogP contribution is -2.56. The molecule has 0 atom stereocenters. The van der Waals surface area contributed by atoms with Gasteiger partial charge >= 0.3 is 11.8 Å². The van der Waals surface area contributed by atoms with Crippen molar-refractivity contribution in [2.75, 3.05) is 6.61 Å². The molecule has 31 heavy (non-hydrogen) atoms. The molecule has 1 saturated heterocycles. The summed E-state index contributed by atoms with van der Waals surface area (Å²) in [7, 11) is 0. The van der Waals surface area contributed by atoms with E-state index in [9.17, 15) is 31.9 Å². The van der Waals surface area contributed by atoms with Crippen LogP contribution in [0.25, 0.3) is 0 Å². The van der Waals surface area contributed by atoms with Crippen molar-refractivity contribution in [1.82, 2.24) is 10.0 Å². The SMILES string of the molecule is CC(F)(F)C(F)(F)COC1C=CC2(C=C1)CCC(=O)N2N1C(=O)c2ccccc2C1=O. The van der Waals surface area contributed by atoms with Gasteiger partial charge in [0.05, 0.1) is 17.2 Å². The van der Waals surface area contributed by atoms with Crippen molar-refractivity contribution in [3.05, 3.63) is 59.7 Å². The molecule has 0 radical (unpaired) electrons. The van der Waals surface area contributed by atoms with E-state index in [0.29, 0.717) is 0 Å². The summed E-state index contributed by atoms with van der Waals surface area (Å²) >= 11 is 0. The van der Waals surface area contributed by atoms with Crippen molar-refractivity contribution in [3.63, 3.8) is 0 Å². The van der Waals surface area contributed by atoms with Gasteiger partial charge in [-0.1, -0.05) is 36.4 Å². The van der Waals surface area contributed by atoms with E-state index < -0.39 is 47.8 Å². The Morgan fingerprint density at radius 1 is 1.03 bits per heavy atom. The third kappa shape index (κ3) is 3.34. The third-order valence-electron chi connectivity index (χ3n) is 5.59. The van der Waals surface area contributed by atoms with Crippen LogP contribution in [0, 0.1) is 0 Å². The normalized spacial score (nSPS) is 25.8. The predicted molar refractivity (Wildman–Crippen MR) is 99.3 cm³/mol. The average Bonchev–Trinajstić information content (AvgIpc) is 3.15. The Hall–Kier alpha value is -3.01. The maximum absolute atomic E-state index is 13.5. The number of hydrogen-bond acceptors (Lipinski definition) is 4. The molecule has 1 aromatic rings. The molecule has 0 aromatic heterocycles. The van der Waals surface area contributed by atoms with Gasteiger partial charge in [-0.25, -0.2) is 13.8 Å². The first-order valence-corrected chi connectivity index (χ1v) is 9.54. The summed E-state index contributed by atoms with van der Waals surface area (Å²) in [5.41, 5.74) is -0.813. The molecule has 3 aliphatic rings. The molecule has 0 N–H and O–H groups in total. The van der Waals surface area contributed by atoms with E-state index in [4.69, 9.17) is 4.74 Å². The van der Waals surface area contributed by atoms with E-state index >= 15 is 0 Å². The van der Waals surface area contributed by atoms with E-state index in [0.717, 1.165) is 10.0 Å². The molecular formula is C21H18F4N2O4. The van der Waals surface area contributed by atoms with Crippen LogP contribution in [0.1, 0.15) is 40.5 Å². The van der Waals surface area contributed by atoms with Crippen molar-refractivity contribution < 1.29 is 36.7 Å². The van der Waals surface area contributed by atoms with Crippen LogP contribution >= 0.6 is 0 Å². The quantitative estimate of drug-likeness (QED) is 0.402. The van der Waals surface area contributed by atoms with Crippen LogP contribution in [0.3, 0.4) is 0 Å². The second-order valence-corrected chi connectivity index (χ2v) is 7.75. The lowest BCUT2D eigenvalue weighted by Gasteiger charge is -2.39. The van der Waals surface area contributed by atoms with Crippen LogP contribution in [-0.4, -0.2) is 57.8 Å². The van der Waals surface area contributed by atoms with E-state index in [1.165, 1.54) is 36.4 Å². The minimum Gasteiger partial charge on any atom is -0.364 e. The van der Waals surface area contributed by atoms with Crippen LogP contribution in [0.2, 0.25) is 0 Å². The van der Waals surface area contributed by atoms with Gasteiger partial charge in [-0.3, -0.25) is 14.4 Å². The molecule has 1 fully saturated rings. The highest BCUT2D eigenvalue weighted by Crippen LogP contribution is 2.40. The predicted octanol–water partition coefficient (Wildman–Crippen LogP) is 3.36. The molecule has 0 unspecified atom stereocenters. The summed E-state index contributed by atoms with van der Waals surface area (Å²) in [5.74, 6) is -10.3. The van der Waals surface area contributed by atoms with Gasteiger partial charge in [-0.15, -0.1) is 0 Å². The number of hydrogen-bond donors (Lipinski definition) is 0. The first-order valence-electron chi connectivity index (χ1n) is 9.54. The maximum Gasteiger partial charge on any atom is 0.332 e. The zero-order chi connectivity index (χ0) is 22.6. The topological polar surface area (TPSA) is 66.9 Å². The number of ether oxygens (including phenoxy) is 1. The Morgan fingerprint density at radius 3 is 2.10 bits per heavy atom. The molecule has 1 spiro atoms. The summed E-state index contributed by atoms with van der Waals surface area (Å²) < 4.78 is 57.8.